The molecule has 0 saturated heterocycles. The topological polar surface area (TPSA) is 72.2 Å². The normalized spacial score (nSPS) is 11.7. The highest BCUT2D eigenvalue weighted by Gasteiger charge is 2.20. The Hall–Kier alpha value is -0.980. The summed E-state index contributed by atoms with van der Waals surface area (Å²) in [4.78, 5) is 0.233. The van der Waals surface area contributed by atoms with E-state index in [4.69, 9.17) is 18.0 Å². The predicted molar refractivity (Wildman–Crippen MR) is 81.6 cm³/mol. The van der Waals surface area contributed by atoms with Gasteiger partial charge in [0.1, 0.15) is 4.99 Å². The smallest absolute Gasteiger partial charge is 0.241 e. The first-order valence-electron chi connectivity index (χ1n) is 6.30. The van der Waals surface area contributed by atoms with Crippen LogP contribution in [0.25, 0.3) is 0 Å². The van der Waals surface area contributed by atoms with Crippen LogP contribution >= 0.6 is 12.2 Å². The van der Waals surface area contributed by atoms with Gasteiger partial charge in [0.2, 0.25) is 10.0 Å². The maximum Gasteiger partial charge on any atom is 0.241 e. The SMILES string of the molecule is CCC(CC)CNS(=O)(=O)c1ccccc1C(N)=S. The van der Waals surface area contributed by atoms with Crippen molar-refractivity contribution < 1.29 is 8.42 Å². The molecular weight excluding hydrogens is 280 g/mol. The number of nitrogens with one attached hydrogen (secondary N) is 1. The maximum atomic E-state index is 12.3. The summed E-state index contributed by atoms with van der Waals surface area (Å²) in [7, 11) is -3.57. The molecule has 0 spiro atoms. The second-order valence-corrected chi connectivity index (χ2v) is 6.57. The summed E-state index contributed by atoms with van der Waals surface area (Å²) in [5, 5.41) is 0. The molecule has 0 aromatic heterocycles. The second-order valence-electron chi connectivity index (χ2n) is 4.39. The van der Waals surface area contributed by atoms with E-state index in [1.165, 1.54) is 6.07 Å². The van der Waals surface area contributed by atoms with Gasteiger partial charge in [-0.3, -0.25) is 0 Å². The van der Waals surface area contributed by atoms with Crippen LogP contribution in [0.5, 0.6) is 0 Å². The molecule has 0 aliphatic heterocycles. The Morgan fingerprint density at radius 1 is 1.32 bits per heavy atom. The van der Waals surface area contributed by atoms with Gasteiger partial charge >= 0.3 is 0 Å². The quantitative estimate of drug-likeness (QED) is 0.756. The van der Waals surface area contributed by atoms with Gasteiger partial charge in [0.25, 0.3) is 0 Å². The lowest BCUT2D eigenvalue weighted by Crippen LogP contribution is -2.30. The third-order valence-corrected chi connectivity index (χ3v) is 4.86. The number of nitrogens with two attached hydrogens (primary N) is 1. The lowest BCUT2D eigenvalue weighted by Gasteiger charge is -2.15. The van der Waals surface area contributed by atoms with Crippen LogP contribution in [0.1, 0.15) is 32.3 Å². The van der Waals surface area contributed by atoms with Gasteiger partial charge in [-0.2, -0.15) is 0 Å². The lowest BCUT2D eigenvalue weighted by atomic mass is 10.0. The fraction of sp³-hybridized carbons (Fsp3) is 0.462. The summed E-state index contributed by atoms with van der Waals surface area (Å²) in [6, 6.07) is 6.51. The predicted octanol–water partition coefficient (Wildman–Crippen LogP) is 2.04. The van der Waals surface area contributed by atoms with E-state index in [-0.39, 0.29) is 9.88 Å². The Kier molecular flexibility index (Phi) is 5.90. The lowest BCUT2D eigenvalue weighted by molar-refractivity contribution is 0.479. The minimum absolute atomic E-state index is 0.0866. The number of benzene rings is 1. The molecular formula is C13H20N2O2S2. The van der Waals surface area contributed by atoms with Gasteiger partial charge in [-0.1, -0.05) is 57.1 Å². The summed E-state index contributed by atoms with van der Waals surface area (Å²) in [5.41, 5.74) is 5.94. The minimum atomic E-state index is -3.57. The van der Waals surface area contributed by atoms with Crippen molar-refractivity contribution in [1.29, 1.82) is 0 Å². The molecule has 6 heteroatoms. The van der Waals surface area contributed by atoms with E-state index in [2.05, 4.69) is 4.72 Å². The minimum Gasteiger partial charge on any atom is -0.389 e. The van der Waals surface area contributed by atoms with Crippen molar-refractivity contribution in [2.75, 3.05) is 6.54 Å². The van der Waals surface area contributed by atoms with E-state index in [1.54, 1.807) is 18.2 Å². The third kappa shape index (κ3) is 4.26. The van der Waals surface area contributed by atoms with Crippen LogP contribution in [-0.4, -0.2) is 20.0 Å². The molecule has 1 rings (SSSR count). The van der Waals surface area contributed by atoms with Crippen LogP contribution in [0.15, 0.2) is 29.2 Å². The number of sulfonamides is 1. The second kappa shape index (κ2) is 6.98. The van der Waals surface area contributed by atoms with Crippen molar-refractivity contribution in [3.63, 3.8) is 0 Å². The fourth-order valence-corrected chi connectivity index (χ4v) is 3.37. The monoisotopic (exact) mass is 300 g/mol. The van der Waals surface area contributed by atoms with E-state index in [1.807, 2.05) is 13.8 Å². The van der Waals surface area contributed by atoms with Crippen LogP contribution in [-0.2, 0) is 10.0 Å². The van der Waals surface area contributed by atoms with E-state index in [0.29, 0.717) is 18.0 Å². The number of thiocarbonyl (C=S) groups is 1. The molecule has 1 aromatic rings. The molecule has 0 amide bonds. The third-order valence-electron chi connectivity index (χ3n) is 3.16. The molecule has 1 aromatic carbocycles. The van der Waals surface area contributed by atoms with Crippen molar-refractivity contribution in [3.05, 3.63) is 29.8 Å². The van der Waals surface area contributed by atoms with Gasteiger partial charge in [-0.15, -0.1) is 0 Å². The van der Waals surface area contributed by atoms with Crippen LogP contribution < -0.4 is 10.5 Å². The molecule has 4 nitrogen and oxygen atoms in total. The van der Waals surface area contributed by atoms with E-state index in [0.717, 1.165) is 12.8 Å². The Balaban J connectivity index is 2.98. The van der Waals surface area contributed by atoms with Gasteiger partial charge in [0.05, 0.1) is 4.90 Å². The van der Waals surface area contributed by atoms with Crippen LogP contribution in [0, 0.1) is 5.92 Å². The van der Waals surface area contributed by atoms with Crippen LogP contribution in [0.2, 0.25) is 0 Å². The van der Waals surface area contributed by atoms with Crippen molar-refractivity contribution in [3.8, 4) is 0 Å². The van der Waals surface area contributed by atoms with Gasteiger partial charge in [0, 0.05) is 12.1 Å². The Morgan fingerprint density at radius 3 is 2.42 bits per heavy atom. The summed E-state index contributed by atoms with van der Waals surface area (Å²) >= 11 is 4.89. The van der Waals surface area contributed by atoms with Crippen molar-refractivity contribution in [2.24, 2.45) is 11.7 Å². The maximum absolute atomic E-state index is 12.3. The standard InChI is InChI=1S/C13H20N2O2S2/c1-3-10(4-2)9-15-19(16,17)12-8-6-5-7-11(12)13(14)18/h5-8,10,15H,3-4,9H2,1-2H3,(H2,14,18). The molecule has 0 unspecified atom stereocenters. The summed E-state index contributed by atoms with van der Waals surface area (Å²) in [5.74, 6) is 0.340. The molecule has 0 fully saturated rings. The highest BCUT2D eigenvalue weighted by atomic mass is 32.2. The molecule has 19 heavy (non-hydrogen) atoms. The first-order chi connectivity index (χ1) is 8.92. The fourth-order valence-electron chi connectivity index (χ4n) is 1.79. The Labute approximate surface area is 120 Å². The van der Waals surface area contributed by atoms with Crippen molar-refractivity contribution in [1.82, 2.24) is 4.72 Å². The molecule has 0 atom stereocenters. The number of rotatable bonds is 7. The zero-order valence-electron chi connectivity index (χ0n) is 11.2. The van der Waals surface area contributed by atoms with E-state index < -0.39 is 10.0 Å². The number of hydrogen-bond donors (Lipinski definition) is 2. The number of hydrogen-bond acceptors (Lipinski definition) is 3. The Bertz CT molecular complexity index is 537. The molecule has 3 N–H and O–H groups in total. The first-order valence-corrected chi connectivity index (χ1v) is 8.20. The summed E-state index contributed by atoms with van der Waals surface area (Å²) in [6.45, 7) is 4.53. The summed E-state index contributed by atoms with van der Waals surface area (Å²) < 4.78 is 27.2. The zero-order chi connectivity index (χ0) is 14.5. The Morgan fingerprint density at radius 2 is 1.89 bits per heavy atom. The van der Waals surface area contributed by atoms with Crippen LogP contribution in [0.4, 0.5) is 0 Å². The van der Waals surface area contributed by atoms with E-state index >= 15 is 0 Å². The van der Waals surface area contributed by atoms with Gasteiger partial charge < -0.3 is 5.73 Å². The van der Waals surface area contributed by atoms with Crippen LogP contribution in [0.3, 0.4) is 0 Å². The summed E-state index contributed by atoms with van der Waals surface area (Å²) in [6.07, 6.45) is 1.88. The molecule has 0 aliphatic rings. The van der Waals surface area contributed by atoms with Gasteiger partial charge in [-0.25, -0.2) is 13.1 Å². The molecule has 106 valence electrons. The van der Waals surface area contributed by atoms with Gasteiger partial charge in [0.15, 0.2) is 0 Å². The average molecular weight is 300 g/mol. The highest BCUT2D eigenvalue weighted by molar-refractivity contribution is 7.89. The first kappa shape index (κ1) is 16.1. The molecule has 0 heterocycles. The average Bonchev–Trinajstić information content (AvgIpc) is 2.39. The molecule has 0 bridgehead atoms. The molecule has 0 radical (unpaired) electrons. The van der Waals surface area contributed by atoms with E-state index in [9.17, 15) is 8.42 Å². The largest absolute Gasteiger partial charge is 0.389 e. The van der Waals surface area contributed by atoms with Crippen molar-refractivity contribution in [2.45, 2.75) is 31.6 Å². The van der Waals surface area contributed by atoms with Crippen molar-refractivity contribution >= 4 is 27.2 Å². The van der Waals surface area contributed by atoms with Gasteiger partial charge in [-0.05, 0) is 12.0 Å². The molecule has 0 saturated carbocycles. The molecule has 0 aliphatic carbocycles. The highest BCUT2D eigenvalue weighted by Crippen LogP contribution is 2.16. The zero-order valence-corrected chi connectivity index (χ0v) is 12.9.